The van der Waals surface area contributed by atoms with Gasteiger partial charge in [-0.2, -0.15) is 0 Å². The van der Waals surface area contributed by atoms with Crippen LogP contribution in [-0.2, 0) is 14.3 Å². The van der Waals surface area contributed by atoms with Crippen molar-refractivity contribution in [3.8, 4) is 0 Å². The molecule has 0 radical (unpaired) electrons. The van der Waals surface area contributed by atoms with Crippen molar-refractivity contribution in [2.45, 2.75) is 12.3 Å². The second-order valence-electron chi connectivity index (χ2n) is 2.37. The highest BCUT2D eigenvalue weighted by molar-refractivity contribution is 8.76. The topological polar surface area (TPSA) is 117 Å². The van der Waals surface area contributed by atoms with E-state index in [1.807, 2.05) is 0 Å². The zero-order valence-corrected chi connectivity index (χ0v) is 9.05. The van der Waals surface area contributed by atoms with E-state index in [0.717, 1.165) is 0 Å². The monoisotopic (exact) mass is 241 g/mol. The summed E-state index contributed by atoms with van der Waals surface area (Å²) in [7, 11) is 2.69. The number of rotatable bonds is 8. The molecule has 0 aromatic heterocycles. The minimum Gasteiger partial charge on any atom is -0.480 e. The number of hydrogen-bond donors (Lipinski definition) is 3. The molecule has 0 aliphatic heterocycles. The van der Waals surface area contributed by atoms with Crippen LogP contribution in [-0.4, -0.2) is 41.3 Å². The predicted molar refractivity (Wildman–Crippen MR) is 54.4 cm³/mol. The first-order valence-electron chi connectivity index (χ1n) is 3.73. The Morgan fingerprint density at radius 3 is 2.64 bits per heavy atom. The number of carboxylic acid groups (broad SMARTS) is 1. The highest BCUT2D eigenvalue weighted by Gasteiger charge is 2.12. The Labute approximate surface area is 89.1 Å². The molecule has 2 unspecified atom stereocenters. The van der Waals surface area contributed by atoms with Gasteiger partial charge in [0.1, 0.15) is 6.04 Å². The molecular formula is C6H13N2O4S2+. The molecule has 0 aliphatic carbocycles. The van der Waals surface area contributed by atoms with E-state index in [-0.39, 0.29) is 0 Å². The van der Waals surface area contributed by atoms with E-state index in [2.05, 4.69) is 10.5 Å². The molecule has 6 N–H and O–H groups in total. The summed E-state index contributed by atoms with van der Waals surface area (Å²) in [4.78, 5) is 20.2. The Morgan fingerprint density at radius 1 is 1.57 bits per heavy atom. The number of carbonyl (C=O) groups is 2. The van der Waals surface area contributed by atoms with Crippen molar-refractivity contribution >= 4 is 34.0 Å². The van der Waals surface area contributed by atoms with Crippen molar-refractivity contribution in [1.29, 1.82) is 0 Å². The van der Waals surface area contributed by atoms with Crippen molar-refractivity contribution in [2.24, 2.45) is 5.73 Å². The standard InChI is InChI=1S/C6H12N2O4S2/c7-4(6(10)11)1-13-14-2-5(8)12-3-9/h3-5H,1-2,7-8H2,(H,10,11)/p+1. The average Bonchev–Trinajstić information content (AvgIpc) is 2.12. The molecule has 6 nitrogen and oxygen atoms in total. The quantitative estimate of drug-likeness (QED) is 0.205. The van der Waals surface area contributed by atoms with Crippen molar-refractivity contribution < 1.29 is 25.2 Å². The normalized spacial score (nSPS) is 14.4. The largest absolute Gasteiger partial charge is 0.480 e. The van der Waals surface area contributed by atoms with Gasteiger partial charge in [-0.3, -0.25) is 9.59 Å². The van der Waals surface area contributed by atoms with Crippen LogP contribution in [0.15, 0.2) is 0 Å². The summed E-state index contributed by atoms with van der Waals surface area (Å²) >= 11 is 0. The Bertz CT molecular complexity index is 193. The van der Waals surface area contributed by atoms with Crippen LogP contribution in [0.2, 0.25) is 0 Å². The van der Waals surface area contributed by atoms with E-state index in [0.29, 0.717) is 18.0 Å². The van der Waals surface area contributed by atoms with Gasteiger partial charge in [0, 0.05) is 5.75 Å². The fourth-order valence-electron chi connectivity index (χ4n) is 0.435. The molecule has 82 valence electrons. The Hall–Kier alpha value is -0.440. The zero-order valence-electron chi connectivity index (χ0n) is 7.42. The lowest BCUT2D eigenvalue weighted by molar-refractivity contribution is -0.469. The minimum atomic E-state index is -1.02. The maximum atomic E-state index is 10.3. The van der Waals surface area contributed by atoms with Crippen LogP contribution in [0, 0.1) is 0 Å². The highest BCUT2D eigenvalue weighted by Crippen LogP contribution is 2.21. The summed E-state index contributed by atoms with van der Waals surface area (Å²) in [5.74, 6) is -0.197. The molecule has 0 rings (SSSR count). The van der Waals surface area contributed by atoms with Gasteiger partial charge < -0.3 is 21.3 Å². The van der Waals surface area contributed by atoms with E-state index >= 15 is 0 Å². The predicted octanol–water partition coefficient (Wildman–Crippen LogP) is -1.48. The van der Waals surface area contributed by atoms with Crippen LogP contribution in [0.3, 0.4) is 0 Å². The number of aliphatic carboxylic acids is 1. The van der Waals surface area contributed by atoms with Crippen LogP contribution in [0.5, 0.6) is 0 Å². The van der Waals surface area contributed by atoms with Gasteiger partial charge in [0.25, 0.3) is 6.47 Å². The van der Waals surface area contributed by atoms with Gasteiger partial charge in [0.2, 0.25) is 6.23 Å². The third kappa shape index (κ3) is 7.01. The number of hydrogen-bond acceptors (Lipinski definition) is 6. The number of nitrogens with two attached hydrogens (primary N) is 1. The van der Waals surface area contributed by atoms with Crippen LogP contribution < -0.4 is 11.5 Å². The molecule has 0 amide bonds. The van der Waals surface area contributed by atoms with Crippen molar-refractivity contribution in [3.05, 3.63) is 0 Å². The molecule has 2 atom stereocenters. The van der Waals surface area contributed by atoms with Gasteiger partial charge in [-0.15, -0.1) is 0 Å². The first-order chi connectivity index (χ1) is 6.57. The molecule has 0 aromatic carbocycles. The third-order valence-corrected chi connectivity index (χ3v) is 3.64. The molecule has 0 fully saturated rings. The van der Waals surface area contributed by atoms with Gasteiger partial charge in [-0.1, -0.05) is 21.6 Å². The van der Waals surface area contributed by atoms with E-state index in [1.165, 1.54) is 21.6 Å². The maximum Gasteiger partial charge on any atom is 0.321 e. The van der Waals surface area contributed by atoms with Gasteiger partial charge >= 0.3 is 5.97 Å². The average molecular weight is 241 g/mol. The summed E-state index contributed by atoms with van der Waals surface area (Å²) in [6.07, 6.45) is -0.411. The fraction of sp³-hybridized carbons (Fsp3) is 0.667. The summed E-state index contributed by atoms with van der Waals surface area (Å²) in [5, 5.41) is 8.44. The van der Waals surface area contributed by atoms with Gasteiger partial charge in [0.15, 0.2) is 0 Å². The van der Waals surface area contributed by atoms with Crippen LogP contribution >= 0.6 is 21.6 Å². The molecule has 0 saturated carbocycles. The summed E-state index contributed by atoms with van der Waals surface area (Å²) in [6.45, 7) is 0.339. The van der Waals surface area contributed by atoms with E-state index in [4.69, 9.17) is 10.8 Å². The fourth-order valence-corrected chi connectivity index (χ4v) is 2.62. The number of carbonyl (C=O) groups excluding carboxylic acids is 1. The lowest BCUT2D eigenvalue weighted by Crippen LogP contribution is -2.63. The molecule has 0 spiro atoms. The number of carboxylic acids is 1. The van der Waals surface area contributed by atoms with Crippen molar-refractivity contribution in [1.82, 2.24) is 0 Å². The second-order valence-corrected chi connectivity index (χ2v) is 4.92. The number of ether oxygens (including phenoxy) is 1. The molecular weight excluding hydrogens is 228 g/mol. The van der Waals surface area contributed by atoms with Crippen LogP contribution in [0.1, 0.15) is 0 Å². The Kier molecular flexibility index (Phi) is 7.67. The summed E-state index contributed by atoms with van der Waals surface area (Å²) < 4.78 is 4.52. The highest BCUT2D eigenvalue weighted by atomic mass is 33.1. The molecule has 14 heavy (non-hydrogen) atoms. The van der Waals surface area contributed by atoms with Crippen molar-refractivity contribution in [2.75, 3.05) is 11.5 Å². The molecule has 0 heterocycles. The van der Waals surface area contributed by atoms with Gasteiger partial charge in [0.05, 0.1) is 5.75 Å². The molecule has 0 saturated heterocycles. The van der Waals surface area contributed by atoms with Crippen LogP contribution in [0.25, 0.3) is 0 Å². The molecule has 0 aromatic rings. The molecule has 8 heteroatoms. The van der Waals surface area contributed by atoms with Gasteiger partial charge in [-0.05, 0) is 0 Å². The van der Waals surface area contributed by atoms with Crippen LogP contribution in [0.4, 0.5) is 0 Å². The first kappa shape index (κ1) is 13.6. The minimum absolute atomic E-state index is 0.313. The Balaban J connectivity index is 3.37. The van der Waals surface area contributed by atoms with Crippen molar-refractivity contribution in [3.63, 3.8) is 0 Å². The van der Waals surface area contributed by atoms with Gasteiger partial charge in [-0.25, -0.2) is 0 Å². The lowest BCUT2D eigenvalue weighted by atomic mass is 10.4. The maximum absolute atomic E-state index is 10.3. The smallest absolute Gasteiger partial charge is 0.321 e. The third-order valence-electron chi connectivity index (χ3n) is 1.15. The van der Waals surface area contributed by atoms with E-state index in [1.54, 1.807) is 0 Å². The summed E-state index contributed by atoms with van der Waals surface area (Å²) in [6, 6.07) is -0.859. The lowest BCUT2D eigenvalue weighted by Gasteiger charge is -2.06. The molecule has 0 bridgehead atoms. The summed E-state index contributed by atoms with van der Waals surface area (Å²) in [5.41, 5.74) is 8.80. The molecule has 0 aliphatic rings. The zero-order chi connectivity index (χ0) is 11.0. The SMILES string of the molecule is NC(CSSCC([NH3+])OC=O)C(=O)O. The van der Waals surface area contributed by atoms with E-state index in [9.17, 15) is 9.59 Å². The van der Waals surface area contributed by atoms with E-state index < -0.39 is 18.2 Å². The second kappa shape index (κ2) is 7.92. The Morgan fingerprint density at radius 2 is 2.14 bits per heavy atom. The first-order valence-corrected chi connectivity index (χ1v) is 6.21. The number of quaternary nitrogens is 1.